The van der Waals surface area contributed by atoms with Crippen LogP contribution in [0.25, 0.3) is 5.69 Å². The van der Waals surface area contributed by atoms with Gasteiger partial charge in [0.1, 0.15) is 0 Å². The minimum Gasteiger partial charge on any atom is -0.306 e. The third-order valence-corrected chi connectivity index (χ3v) is 2.70. The predicted octanol–water partition coefficient (Wildman–Crippen LogP) is 2.46. The molecule has 1 heterocycles. The average Bonchev–Trinajstić information content (AvgIpc) is 2.75. The minimum absolute atomic E-state index is 0.0857. The molecule has 96 valence electrons. The van der Waals surface area contributed by atoms with Crippen LogP contribution in [0.1, 0.15) is 32.0 Å². The van der Waals surface area contributed by atoms with E-state index >= 15 is 0 Å². The molecule has 0 bridgehead atoms. The smallest absolute Gasteiger partial charge is 0.0783 e. The van der Waals surface area contributed by atoms with Crippen LogP contribution >= 0.6 is 0 Å². The van der Waals surface area contributed by atoms with Gasteiger partial charge < -0.3 is 5.32 Å². The van der Waals surface area contributed by atoms with Gasteiger partial charge in [-0.05, 0) is 39.8 Å². The SMILES string of the molecule is Cc1ccc(-n2nncc2CNC(C)(C)C)cc1. The molecule has 0 amide bonds. The Hall–Kier alpha value is -1.68. The zero-order valence-corrected chi connectivity index (χ0v) is 11.4. The summed E-state index contributed by atoms with van der Waals surface area (Å²) in [4.78, 5) is 0. The van der Waals surface area contributed by atoms with Crippen molar-refractivity contribution in [3.63, 3.8) is 0 Å². The summed E-state index contributed by atoms with van der Waals surface area (Å²) in [6, 6.07) is 8.28. The Morgan fingerprint density at radius 2 is 1.83 bits per heavy atom. The van der Waals surface area contributed by atoms with Crippen molar-refractivity contribution < 1.29 is 0 Å². The molecule has 0 unspecified atom stereocenters. The van der Waals surface area contributed by atoms with Gasteiger partial charge in [0.25, 0.3) is 0 Å². The minimum atomic E-state index is 0.0857. The van der Waals surface area contributed by atoms with Crippen molar-refractivity contribution in [2.24, 2.45) is 0 Å². The van der Waals surface area contributed by atoms with E-state index in [1.54, 1.807) is 6.20 Å². The van der Waals surface area contributed by atoms with E-state index in [0.29, 0.717) is 0 Å². The van der Waals surface area contributed by atoms with Crippen LogP contribution in [0.3, 0.4) is 0 Å². The second-order valence-electron chi connectivity index (χ2n) is 5.58. The molecule has 2 aromatic rings. The standard InChI is InChI=1S/C14H20N4/c1-11-5-7-12(8-6-11)18-13(10-16-17-18)9-15-14(2,3)4/h5-8,10,15H,9H2,1-4H3. The lowest BCUT2D eigenvalue weighted by molar-refractivity contribution is 0.418. The third kappa shape index (κ3) is 3.17. The van der Waals surface area contributed by atoms with Crippen molar-refractivity contribution in [1.29, 1.82) is 0 Å². The fourth-order valence-electron chi connectivity index (χ4n) is 1.64. The second-order valence-corrected chi connectivity index (χ2v) is 5.58. The normalized spacial score (nSPS) is 11.8. The molecule has 4 heteroatoms. The number of benzene rings is 1. The summed E-state index contributed by atoms with van der Waals surface area (Å²) in [7, 11) is 0. The number of hydrogen-bond acceptors (Lipinski definition) is 3. The Kier molecular flexibility index (Phi) is 3.48. The third-order valence-electron chi connectivity index (χ3n) is 2.70. The molecule has 0 aliphatic heterocycles. The molecule has 0 atom stereocenters. The molecule has 0 aliphatic rings. The van der Waals surface area contributed by atoms with Gasteiger partial charge in [0.15, 0.2) is 0 Å². The van der Waals surface area contributed by atoms with Crippen LogP contribution in [0.4, 0.5) is 0 Å². The van der Waals surface area contributed by atoms with Gasteiger partial charge >= 0.3 is 0 Å². The van der Waals surface area contributed by atoms with E-state index in [1.807, 2.05) is 4.68 Å². The zero-order chi connectivity index (χ0) is 13.2. The van der Waals surface area contributed by atoms with Gasteiger partial charge in [0.05, 0.1) is 17.6 Å². The van der Waals surface area contributed by atoms with E-state index in [1.165, 1.54) is 5.56 Å². The van der Waals surface area contributed by atoms with E-state index in [9.17, 15) is 0 Å². The molecule has 0 saturated heterocycles. The van der Waals surface area contributed by atoms with Gasteiger partial charge in [-0.3, -0.25) is 0 Å². The van der Waals surface area contributed by atoms with E-state index in [2.05, 4.69) is 67.6 Å². The Balaban J connectivity index is 2.20. The molecule has 1 aromatic carbocycles. The number of aromatic nitrogens is 3. The molecule has 0 aliphatic carbocycles. The van der Waals surface area contributed by atoms with Crippen LogP contribution in [0.5, 0.6) is 0 Å². The largest absolute Gasteiger partial charge is 0.306 e. The van der Waals surface area contributed by atoms with Crippen LogP contribution in [-0.2, 0) is 6.54 Å². The molecule has 0 saturated carbocycles. The highest BCUT2D eigenvalue weighted by Gasteiger charge is 2.11. The monoisotopic (exact) mass is 244 g/mol. The summed E-state index contributed by atoms with van der Waals surface area (Å²) in [6.45, 7) is 9.27. The lowest BCUT2D eigenvalue weighted by Gasteiger charge is -2.20. The fourth-order valence-corrected chi connectivity index (χ4v) is 1.64. The van der Waals surface area contributed by atoms with E-state index in [0.717, 1.165) is 17.9 Å². The van der Waals surface area contributed by atoms with Gasteiger partial charge in [-0.25, -0.2) is 4.68 Å². The van der Waals surface area contributed by atoms with E-state index in [-0.39, 0.29) is 5.54 Å². The van der Waals surface area contributed by atoms with Crippen LogP contribution in [0, 0.1) is 6.92 Å². The molecule has 1 aromatic heterocycles. The Morgan fingerprint density at radius 1 is 1.17 bits per heavy atom. The average molecular weight is 244 g/mol. The molecule has 1 N–H and O–H groups in total. The summed E-state index contributed by atoms with van der Waals surface area (Å²) in [5.74, 6) is 0. The molecule has 18 heavy (non-hydrogen) atoms. The van der Waals surface area contributed by atoms with Gasteiger partial charge in [0, 0.05) is 12.1 Å². The fraction of sp³-hybridized carbons (Fsp3) is 0.429. The number of rotatable bonds is 3. The van der Waals surface area contributed by atoms with Crippen molar-refractivity contribution in [2.75, 3.05) is 0 Å². The highest BCUT2D eigenvalue weighted by atomic mass is 15.4. The number of nitrogens with zero attached hydrogens (tertiary/aromatic N) is 3. The molecule has 0 fully saturated rings. The van der Waals surface area contributed by atoms with E-state index in [4.69, 9.17) is 0 Å². The summed E-state index contributed by atoms with van der Waals surface area (Å²) < 4.78 is 1.87. The van der Waals surface area contributed by atoms with Gasteiger partial charge in [0.2, 0.25) is 0 Å². The van der Waals surface area contributed by atoms with E-state index < -0.39 is 0 Å². The van der Waals surface area contributed by atoms with Crippen molar-refractivity contribution >= 4 is 0 Å². The lowest BCUT2D eigenvalue weighted by Crippen LogP contribution is -2.35. The first-order chi connectivity index (χ1) is 8.46. The highest BCUT2D eigenvalue weighted by molar-refractivity contribution is 5.34. The number of nitrogens with one attached hydrogen (secondary N) is 1. The van der Waals surface area contributed by atoms with Crippen LogP contribution in [0.2, 0.25) is 0 Å². The van der Waals surface area contributed by atoms with Crippen molar-refractivity contribution in [3.05, 3.63) is 41.7 Å². The predicted molar refractivity (Wildman–Crippen MR) is 72.7 cm³/mol. The maximum Gasteiger partial charge on any atom is 0.0783 e. The van der Waals surface area contributed by atoms with Crippen molar-refractivity contribution in [1.82, 2.24) is 20.3 Å². The molecule has 0 radical (unpaired) electrons. The van der Waals surface area contributed by atoms with Crippen LogP contribution in [-0.4, -0.2) is 20.5 Å². The summed E-state index contributed by atoms with van der Waals surface area (Å²) in [5.41, 5.74) is 3.44. The Morgan fingerprint density at radius 3 is 2.44 bits per heavy atom. The molecular formula is C14H20N4. The number of hydrogen-bond donors (Lipinski definition) is 1. The molecule has 0 spiro atoms. The van der Waals surface area contributed by atoms with Gasteiger partial charge in [-0.2, -0.15) is 0 Å². The maximum atomic E-state index is 4.14. The summed E-state index contributed by atoms with van der Waals surface area (Å²) >= 11 is 0. The quantitative estimate of drug-likeness (QED) is 0.902. The lowest BCUT2D eigenvalue weighted by atomic mass is 10.1. The molecule has 2 rings (SSSR count). The first kappa shape index (κ1) is 12.8. The number of aryl methyl sites for hydroxylation is 1. The highest BCUT2D eigenvalue weighted by Crippen LogP contribution is 2.11. The summed E-state index contributed by atoms with van der Waals surface area (Å²) in [6.07, 6.45) is 1.80. The van der Waals surface area contributed by atoms with Gasteiger partial charge in [-0.1, -0.05) is 22.9 Å². The van der Waals surface area contributed by atoms with Gasteiger partial charge in [-0.15, -0.1) is 5.10 Å². The zero-order valence-electron chi connectivity index (χ0n) is 11.4. The van der Waals surface area contributed by atoms with Crippen LogP contribution in [0.15, 0.2) is 30.5 Å². The Bertz CT molecular complexity index is 505. The second kappa shape index (κ2) is 4.90. The van der Waals surface area contributed by atoms with Crippen molar-refractivity contribution in [2.45, 2.75) is 39.8 Å². The first-order valence-electron chi connectivity index (χ1n) is 6.17. The van der Waals surface area contributed by atoms with Crippen LogP contribution < -0.4 is 5.32 Å². The topological polar surface area (TPSA) is 42.7 Å². The summed E-state index contributed by atoms with van der Waals surface area (Å²) in [5, 5.41) is 11.6. The first-order valence-corrected chi connectivity index (χ1v) is 6.17. The molecular weight excluding hydrogens is 224 g/mol. The van der Waals surface area contributed by atoms with Crippen molar-refractivity contribution in [3.8, 4) is 5.69 Å². The molecule has 4 nitrogen and oxygen atoms in total. The Labute approximate surface area is 108 Å². The maximum absolute atomic E-state index is 4.14.